The normalized spacial score (nSPS) is 19.9. The van der Waals surface area contributed by atoms with Crippen molar-refractivity contribution in [3.8, 4) is 11.8 Å². The average Bonchev–Trinajstić information content (AvgIpc) is 2.47. The van der Waals surface area contributed by atoms with E-state index < -0.39 is 0 Å². The molecule has 1 aromatic carbocycles. The molecule has 102 valence electrons. The van der Waals surface area contributed by atoms with Crippen LogP contribution in [0.2, 0.25) is 0 Å². The zero-order valence-corrected chi connectivity index (χ0v) is 11.3. The van der Waals surface area contributed by atoms with Crippen molar-refractivity contribution in [2.24, 2.45) is 0 Å². The van der Waals surface area contributed by atoms with Crippen LogP contribution < -0.4 is 4.74 Å². The molecule has 1 unspecified atom stereocenters. The Balaban J connectivity index is 2.12. The number of hydrogen-bond donors (Lipinski definition) is 1. The van der Waals surface area contributed by atoms with Crippen molar-refractivity contribution >= 4 is 0 Å². The van der Waals surface area contributed by atoms with Gasteiger partial charge in [-0.1, -0.05) is 12.5 Å². The highest BCUT2D eigenvalue weighted by Gasteiger charge is 2.21. The Morgan fingerprint density at radius 3 is 3.00 bits per heavy atom. The fourth-order valence-electron chi connectivity index (χ4n) is 2.64. The summed E-state index contributed by atoms with van der Waals surface area (Å²) in [5.41, 5.74) is 1.68. The number of piperidine rings is 1. The Labute approximate surface area is 114 Å². The van der Waals surface area contributed by atoms with Gasteiger partial charge in [0.1, 0.15) is 11.8 Å². The number of ether oxygens (including phenoxy) is 1. The Kier molecular flexibility index (Phi) is 4.78. The van der Waals surface area contributed by atoms with Crippen LogP contribution in [0.3, 0.4) is 0 Å². The summed E-state index contributed by atoms with van der Waals surface area (Å²) in [6.07, 6.45) is 3.44. The summed E-state index contributed by atoms with van der Waals surface area (Å²) in [6.45, 7) is 2.04. The maximum absolute atomic E-state index is 9.41. The van der Waals surface area contributed by atoms with Gasteiger partial charge in [0, 0.05) is 12.6 Å². The van der Waals surface area contributed by atoms with E-state index in [1.807, 2.05) is 12.1 Å². The molecular weight excluding hydrogens is 240 g/mol. The number of nitriles is 1. The molecule has 1 atom stereocenters. The molecule has 4 heteroatoms. The van der Waals surface area contributed by atoms with Gasteiger partial charge in [0.25, 0.3) is 0 Å². The predicted octanol–water partition coefficient (Wildman–Crippen LogP) is 1.91. The van der Waals surface area contributed by atoms with Crippen LogP contribution in [0.4, 0.5) is 0 Å². The number of aliphatic hydroxyl groups excluding tert-OH is 1. The highest BCUT2D eigenvalue weighted by molar-refractivity contribution is 5.45. The highest BCUT2D eigenvalue weighted by atomic mass is 16.5. The van der Waals surface area contributed by atoms with E-state index in [0.717, 1.165) is 25.1 Å². The molecule has 0 aromatic heterocycles. The highest BCUT2D eigenvalue weighted by Crippen LogP contribution is 2.23. The molecule has 1 aliphatic rings. The molecule has 1 saturated heterocycles. The molecular formula is C15H20N2O2. The van der Waals surface area contributed by atoms with E-state index in [9.17, 15) is 5.11 Å². The molecule has 1 heterocycles. The minimum absolute atomic E-state index is 0.216. The van der Waals surface area contributed by atoms with Gasteiger partial charge in [-0.3, -0.25) is 4.90 Å². The van der Waals surface area contributed by atoms with E-state index >= 15 is 0 Å². The number of benzene rings is 1. The quantitative estimate of drug-likeness (QED) is 0.898. The van der Waals surface area contributed by atoms with Crippen molar-refractivity contribution < 1.29 is 9.84 Å². The van der Waals surface area contributed by atoms with E-state index in [1.165, 1.54) is 12.8 Å². The fourth-order valence-corrected chi connectivity index (χ4v) is 2.64. The molecule has 1 N–H and O–H groups in total. The van der Waals surface area contributed by atoms with Crippen LogP contribution in [0.15, 0.2) is 18.2 Å². The van der Waals surface area contributed by atoms with E-state index in [4.69, 9.17) is 10.00 Å². The second-order valence-corrected chi connectivity index (χ2v) is 4.95. The molecule has 19 heavy (non-hydrogen) atoms. The Hall–Kier alpha value is -1.57. The van der Waals surface area contributed by atoms with E-state index in [2.05, 4.69) is 11.0 Å². The molecule has 0 bridgehead atoms. The van der Waals surface area contributed by atoms with Crippen molar-refractivity contribution in [2.45, 2.75) is 31.8 Å². The van der Waals surface area contributed by atoms with Crippen molar-refractivity contribution in [1.29, 1.82) is 5.26 Å². The molecule has 1 fully saturated rings. The minimum atomic E-state index is 0.216. The molecule has 0 amide bonds. The summed E-state index contributed by atoms with van der Waals surface area (Å²) in [7, 11) is 1.58. The number of methoxy groups -OCH3 is 1. The summed E-state index contributed by atoms with van der Waals surface area (Å²) < 4.78 is 5.23. The van der Waals surface area contributed by atoms with Crippen LogP contribution in [0.1, 0.15) is 30.4 Å². The van der Waals surface area contributed by atoms with Gasteiger partial charge in [-0.05, 0) is 37.1 Å². The molecule has 0 spiro atoms. The van der Waals surface area contributed by atoms with Crippen LogP contribution in [-0.4, -0.2) is 36.3 Å². The maximum atomic E-state index is 9.41. The summed E-state index contributed by atoms with van der Waals surface area (Å²) in [4.78, 5) is 2.31. The summed E-state index contributed by atoms with van der Waals surface area (Å²) in [6, 6.07) is 8.06. The van der Waals surface area contributed by atoms with Gasteiger partial charge in [0.2, 0.25) is 0 Å². The number of aliphatic hydroxyl groups is 1. The lowest BCUT2D eigenvalue weighted by molar-refractivity contribution is 0.0841. The maximum Gasteiger partial charge on any atom is 0.136 e. The van der Waals surface area contributed by atoms with Gasteiger partial charge in [0.15, 0.2) is 0 Å². The van der Waals surface area contributed by atoms with Crippen molar-refractivity contribution in [3.05, 3.63) is 29.3 Å². The second-order valence-electron chi connectivity index (χ2n) is 4.95. The van der Waals surface area contributed by atoms with Gasteiger partial charge < -0.3 is 9.84 Å². The second kappa shape index (κ2) is 6.55. The lowest BCUT2D eigenvalue weighted by Crippen LogP contribution is -2.41. The molecule has 0 aliphatic carbocycles. The standard InChI is InChI=1S/C15H20N2O2/c1-19-15-8-12(5-6-13(15)9-16)10-17-7-3-2-4-14(17)11-18/h5-6,8,14,18H,2-4,7,10-11H2,1H3. The zero-order valence-electron chi connectivity index (χ0n) is 11.3. The van der Waals surface area contributed by atoms with Gasteiger partial charge in [-0.15, -0.1) is 0 Å². The number of nitrogens with zero attached hydrogens (tertiary/aromatic N) is 2. The van der Waals surface area contributed by atoms with E-state index in [-0.39, 0.29) is 12.6 Å². The average molecular weight is 260 g/mol. The smallest absolute Gasteiger partial charge is 0.136 e. The number of hydrogen-bond acceptors (Lipinski definition) is 4. The Morgan fingerprint density at radius 2 is 2.32 bits per heavy atom. The first-order valence-corrected chi connectivity index (χ1v) is 6.70. The van der Waals surface area contributed by atoms with Gasteiger partial charge in [-0.25, -0.2) is 0 Å². The fraction of sp³-hybridized carbons (Fsp3) is 0.533. The monoisotopic (exact) mass is 260 g/mol. The van der Waals surface area contributed by atoms with E-state index in [0.29, 0.717) is 11.3 Å². The Bertz CT molecular complexity index is 468. The molecule has 1 aliphatic heterocycles. The third-order valence-corrected chi connectivity index (χ3v) is 3.73. The summed E-state index contributed by atoms with van der Waals surface area (Å²) >= 11 is 0. The predicted molar refractivity (Wildman–Crippen MR) is 72.8 cm³/mol. The third kappa shape index (κ3) is 3.25. The van der Waals surface area contributed by atoms with E-state index in [1.54, 1.807) is 13.2 Å². The van der Waals surface area contributed by atoms with Gasteiger partial charge in [-0.2, -0.15) is 5.26 Å². The third-order valence-electron chi connectivity index (χ3n) is 3.73. The van der Waals surface area contributed by atoms with Crippen LogP contribution in [0.5, 0.6) is 5.75 Å². The number of likely N-dealkylation sites (tertiary alicyclic amines) is 1. The molecule has 0 saturated carbocycles. The SMILES string of the molecule is COc1cc(CN2CCCCC2CO)ccc1C#N. The van der Waals surface area contributed by atoms with Crippen molar-refractivity contribution in [2.75, 3.05) is 20.3 Å². The first-order chi connectivity index (χ1) is 9.28. The lowest BCUT2D eigenvalue weighted by atomic mass is 10.0. The van der Waals surface area contributed by atoms with Crippen molar-refractivity contribution in [1.82, 2.24) is 4.90 Å². The van der Waals surface area contributed by atoms with Gasteiger partial charge in [0.05, 0.1) is 19.3 Å². The van der Waals surface area contributed by atoms with Crippen molar-refractivity contribution in [3.63, 3.8) is 0 Å². The van der Waals surface area contributed by atoms with Crippen LogP contribution in [0, 0.1) is 11.3 Å². The van der Waals surface area contributed by atoms with Crippen LogP contribution >= 0.6 is 0 Å². The minimum Gasteiger partial charge on any atom is -0.495 e. The topological polar surface area (TPSA) is 56.5 Å². The molecule has 4 nitrogen and oxygen atoms in total. The lowest BCUT2D eigenvalue weighted by Gasteiger charge is -2.34. The molecule has 2 rings (SSSR count). The number of rotatable bonds is 4. The summed E-state index contributed by atoms with van der Waals surface area (Å²) in [5.74, 6) is 0.623. The van der Waals surface area contributed by atoms with Gasteiger partial charge >= 0.3 is 0 Å². The largest absolute Gasteiger partial charge is 0.495 e. The van der Waals surface area contributed by atoms with Crippen LogP contribution in [0.25, 0.3) is 0 Å². The first-order valence-electron chi connectivity index (χ1n) is 6.70. The molecule has 1 aromatic rings. The van der Waals surface area contributed by atoms with Crippen LogP contribution in [-0.2, 0) is 6.54 Å². The Morgan fingerprint density at radius 1 is 1.47 bits per heavy atom. The molecule has 0 radical (unpaired) electrons. The zero-order chi connectivity index (χ0) is 13.7. The first kappa shape index (κ1) is 13.9. The summed E-state index contributed by atoms with van der Waals surface area (Å²) in [5, 5.41) is 18.4.